The average molecular weight is 452 g/mol. The zero-order valence-corrected chi connectivity index (χ0v) is 19.5. The molecule has 4 heteroatoms. The predicted molar refractivity (Wildman–Crippen MR) is 135 cm³/mol. The molecule has 3 atom stereocenters. The minimum atomic E-state index is -0.315. The molecule has 34 heavy (non-hydrogen) atoms. The van der Waals surface area contributed by atoms with E-state index in [1.807, 2.05) is 30.3 Å². The summed E-state index contributed by atoms with van der Waals surface area (Å²) in [6.07, 6.45) is 0.843. The third-order valence-corrected chi connectivity index (χ3v) is 6.74. The molecule has 3 unspecified atom stereocenters. The van der Waals surface area contributed by atoms with Gasteiger partial charge in [0.15, 0.2) is 0 Å². The first-order valence-corrected chi connectivity index (χ1v) is 11.8. The Morgan fingerprint density at radius 2 is 1.76 bits per heavy atom. The van der Waals surface area contributed by atoms with E-state index < -0.39 is 0 Å². The highest BCUT2D eigenvalue weighted by Gasteiger charge is 2.30. The van der Waals surface area contributed by atoms with Crippen molar-refractivity contribution in [2.45, 2.75) is 31.4 Å². The summed E-state index contributed by atoms with van der Waals surface area (Å²) in [6.45, 7) is 2.93. The maximum Gasteiger partial charge on any atom is 0.337 e. The van der Waals surface area contributed by atoms with Crippen LogP contribution in [0.1, 0.15) is 52.4 Å². The maximum absolute atomic E-state index is 12.1. The van der Waals surface area contributed by atoms with Gasteiger partial charge in [-0.05, 0) is 53.4 Å². The number of fused-ring (bicyclic) bond motifs is 2. The number of hydrogen-bond donors (Lipinski definition) is 1. The van der Waals surface area contributed by atoms with Crippen LogP contribution < -0.4 is 10.1 Å². The number of nitrogens with one attached hydrogen (secondary N) is 1. The highest BCUT2D eigenvalue weighted by atomic mass is 16.5. The Labute approximate surface area is 200 Å². The molecule has 0 bridgehead atoms. The van der Waals surface area contributed by atoms with Crippen LogP contribution in [0.2, 0.25) is 0 Å². The van der Waals surface area contributed by atoms with E-state index in [0.29, 0.717) is 5.56 Å². The monoisotopic (exact) mass is 451 g/mol. The van der Waals surface area contributed by atoms with E-state index in [-0.39, 0.29) is 24.0 Å². The maximum atomic E-state index is 12.1. The Morgan fingerprint density at radius 3 is 2.65 bits per heavy atom. The molecule has 0 radical (unpaired) electrons. The van der Waals surface area contributed by atoms with Crippen molar-refractivity contribution in [2.75, 3.05) is 13.7 Å². The van der Waals surface area contributed by atoms with Gasteiger partial charge in [-0.1, -0.05) is 72.8 Å². The van der Waals surface area contributed by atoms with Gasteiger partial charge in [-0.25, -0.2) is 4.79 Å². The lowest BCUT2D eigenvalue weighted by atomic mass is 9.83. The highest BCUT2D eigenvalue weighted by molar-refractivity contribution is 5.89. The highest BCUT2D eigenvalue weighted by Crippen LogP contribution is 2.40. The Kier molecular flexibility index (Phi) is 6.33. The summed E-state index contributed by atoms with van der Waals surface area (Å²) >= 11 is 0. The molecule has 4 aromatic carbocycles. The number of carbonyl (C=O) groups is 1. The normalized spacial score (nSPS) is 18.1. The lowest BCUT2D eigenvalue weighted by molar-refractivity contribution is 0.0600. The molecule has 0 aliphatic carbocycles. The molecule has 0 amide bonds. The Balaban J connectivity index is 1.37. The van der Waals surface area contributed by atoms with E-state index in [1.54, 1.807) is 6.07 Å². The summed E-state index contributed by atoms with van der Waals surface area (Å²) in [5, 5.41) is 6.23. The fourth-order valence-electron chi connectivity index (χ4n) is 4.98. The van der Waals surface area contributed by atoms with Crippen molar-refractivity contribution in [1.29, 1.82) is 0 Å². The molecule has 172 valence electrons. The molecule has 0 spiro atoms. The van der Waals surface area contributed by atoms with Crippen LogP contribution in [0.5, 0.6) is 5.75 Å². The van der Waals surface area contributed by atoms with Gasteiger partial charge in [-0.2, -0.15) is 0 Å². The van der Waals surface area contributed by atoms with Crippen molar-refractivity contribution < 1.29 is 14.3 Å². The van der Waals surface area contributed by atoms with Crippen molar-refractivity contribution in [3.8, 4) is 5.75 Å². The number of esters is 1. The lowest BCUT2D eigenvalue weighted by Crippen LogP contribution is -2.37. The molecule has 1 aliphatic rings. The van der Waals surface area contributed by atoms with Gasteiger partial charge in [0.2, 0.25) is 0 Å². The standard InChI is InChI=1S/C30H29NO3/c1-20(25-15-8-10-21-9-3-4-13-26(21)25)31-19-24-18-28(27-14-5-6-16-29(27)34-24)22-11-7-12-23(17-22)30(32)33-2/h3-17,20,24,28,31H,18-19H2,1-2H3. The molecule has 4 aromatic rings. The van der Waals surface area contributed by atoms with Gasteiger partial charge >= 0.3 is 5.97 Å². The molecular weight excluding hydrogens is 422 g/mol. The second-order valence-electron chi connectivity index (χ2n) is 8.88. The largest absolute Gasteiger partial charge is 0.489 e. The van der Waals surface area contributed by atoms with Crippen LogP contribution in [0.3, 0.4) is 0 Å². The zero-order valence-electron chi connectivity index (χ0n) is 19.5. The Hall–Kier alpha value is -3.63. The molecular formula is C30H29NO3. The lowest BCUT2D eigenvalue weighted by Gasteiger charge is -2.33. The molecule has 0 saturated carbocycles. The Bertz CT molecular complexity index is 1310. The quantitative estimate of drug-likeness (QED) is 0.352. The van der Waals surface area contributed by atoms with Gasteiger partial charge in [-0.3, -0.25) is 0 Å². The van der Waals surface area contributed by atoms with Crippen LogP contribution >= 0.6 is 0 Å². The second-order valence-corrected chi connectivity index (χ2v) is 8.88. The average Bonchev–Trinajstić information content (AvgIpc) is 2.90. The van der Waals surface area contributed by atoms with E-state index in [4.69, 9.17) is 9.47 Å². The first kappa shape index (κ1) is 22.2. The van der Waals surface area contributed by atoms with Crippen LogP contribution in [-0.2, 0) is 4.74 Å². The molecule has 0 saturated heterocycles. The van der Waals surface area contributed by atoms with Crippen molar-refractivity contribution >= 4 is 16.7 Å². The van der Waals surface area contributed by atoms with Crippen molar-refractivity contribution in [2.24, 2.45) is 0 Å². The number of methoxy groups -OCH3 is 1. The molecule has 1 aliphatic heterocycles. The van der Waals surface area contributed by atoms with Gasteiger partial charge in [-0.15, -0.1) is 0 Å². The first-order chi connectivity index (χ1) is 16.6. The fourth-order valence-corrected chi connectivity index (χ4v) is 4.98. The van der Waals surface area contributed by atoms with E-state index >= 15 is 0 Å². The fraction of sp³-hybridized carbons (Fsp3) is 0.233. The minimum Gasteiger partial charge on any atom is -0.489 e. The molecule has 1 heterocycles. The van der Waals surface area contributed by atoms with Gasteiger partial charge in [0, 0.05) is 24.1 Å². The number of rotatable bonds is 6. The third-order valence-electron chi connectivity index (χ3n) is 6.74. The van der Waals surface area contributed by atoms with Crippen LogP contribution in [0.25, 0.3) is 10.8 Å². The molecule has 0 aromatic heterocycles. The molecule has 4 nitrogen and oxygen atoms in total. The minimum absolute atomic E-state index is 0.0131. The number of hydrogen-bond acceptors (Lipinski definition) is 4. The summed E-state index contributed by atoms with van der Waals surface area (Å²) < 4.78 is 11.3. The summed E-state index contributed by atoms with van der Waals surface area (Å²) in [6, 6.07) is 31.1. The summed E-state index contributed by atoms with van der Waals surface area (Å²) in [5.74, 6) is 0.741. The predicted octanol–water partition coefficient (Wildman–Crippen LogP) is 6.26. The van der Waals surface area contributed by atoms with E-state index in [0.717, 1.165) is 29.8 Å². The third kappa shape index (κ3) is 4.42. The second kappa shape index (κ2) is 9.70. The summed E-state index contributed by atoms with van der Waals surface area (Å²) in [7, 11) is 1.41. The number of benzene rings is 4. The number of para-hydroxylation sites is 1. The van der Waals surface area contributed by atoms with Gasteiger partial charge in [0.05, 0.1) is 12.7 Å². The topological polar surface area (TPSA) is 47.6 Å². The van der Waals surface area contributed by atoms with Gasteiger partial charge in [0.1, 0.15) is 11.9 Å². The van der Waals surface area contributed by atoms with Crippen LogP contribution in [0, 0.1) is 0 Å². The van der Waals surface area contributed by atoms with E-state index in [9.17, 15) is 4.79 Å². The Morgan fingerprint density at radius 1 is 1.00 bits per heavy atom. The zero-order chi connectivity index (χ0) is 23.5. The van der Waals surface area contributed by atoms with Crippen LogP contribution in [-0.4, -0.2) is 25.7 Å². The smallest absolute Gasteiger partial charge is 0.337 e. The van der Waals surface area contributed by atoms with Crippen molar-refractivity contribution in [1.82, 2.24) is 5.32 Å². The molecule has 0 fully saturated rings. The van der Waals surface area contributed by atoms with Crippen molar-refractivity contribution in [3.05, 3.63) is 113 Å². The number of carbonyl (C=O) groups excluding carboxylic acids is 1. The van der Waals surface area contributed by atoms with Gasteiger partial charge in [0.25, 0.3) is 0 Å². The van der Waals surface area contributed by atoms with E-state index in [2.05, 4.69) is 66.8 Å². The SMILES string of the molecule is COC(=O)c1cccc(C2CC(CNC(C)c3cccc4ccccc34)Oc3ccccc32)c1. The number of ether oxygens (including phenoxy) is 2. The van der Waals surface area contributed by atoms with Crippen LogP contribution in [0.15, 0.2) is 91.0 Å². The van der Waals surface area contributed by atoms with Crippen LogP contribution in [0.4, 0.5) is 0 Å². The molecule has 1 N–H and O–H groups in total. The van der Waals surface area contributed by atoms with Crippen molar-refractivity contribution in [3.63, 3.8) is 0 Å². The first-order valence-electron chi connectivity index (χ1n) is 11.8. The summed E-state index contributed by atoms with van der Waals surface area (Å²) in [4.78, 5) is 12.1. The summed E-state index contributed by atoms with van der Waals surface area (Å²) in [5.41, 5.74) is 4.12. The van der Waals surface area contributed by atoms with E-state index in [1.165, 1.54) is 23.4 Å². The van der Waals surface area contributed by atoms with Gasteiger partial charge < -0.3 is 14.8 Å². The molecule has 5 rings (SSSR count).